The summed E-state index contributed by atoms with van der Waals surface area (Å²) in [7, 11) is 3.44. The average molecular weight is 256 g/mol. The van der Waals surface area contributed by atoms with E-state index in [1.54, 1.807) is 42.1 Å². The lowest BCUT2D eigenvalue weighted by molar-refractivity contribution is 0.104. The van der Waals surface area contributed by atoms with Crippen LogP contribution in [-0.2, 0) is 7.05 Å². The molecule has 1 aromatic heterocycles. The molecule has 0 spiro atoms. The highest BCUT2D eigenvalue weighted by Crippen LogP contribution is 2.14. The van der Waals surface area contributed by atoms with E-state index in [2.05, 4.69) is 5.10 Å². The second kappa shape index (κ2) is 5.52. The fourth-order valence-corrected chi connectivity index (χ4v) is 1.82. The minimum absolute atomic E-state index is 0.0536. The lowest BCUT2D eigenvalue weighted by atomic mass is 10.1. The monoisotopic (exact) mass is 256 g/mol. The number of methoxy groups -OCH3 is 1. The molecular formula is C15H16N2O2. The van der Waals surface area contributed by atoms with Crippen molar-refractivity contribution in [1.29, 1.82) is 0 Å². The van der Waals surface area contributed by atoms with Crippen LogP contribution in [0.3, 0.4) is 0 Å². The van der Waals surface area contributed by atoms with E-state index in [4.69, 9.17) is 4.74 Å². The summed E-state index contributed by atoms with van der Waals surface area (Å²) >= 11 is 0. The number of hydrogen-bond acceptors (Lipinski definition) is 3. The quantitative estimate of drug-likeness (QED) is 0.624. The first-order valence-corrected chi connectivity index (χ1v) is 5.97. The SMILES string of the molecule is COc1cccc(C(=O)C=Cc2cn(C)nc2C)c1. The van der Waals surface area contributed by atoms with Crippen LogP contribution in [0, 0.1) is 6.92 Å². The number of allylic oxidation sites excluding steroid dienone is 1. The molecule has 98 valence electrons. The average Bonchev–Trinajstić information content (AvgIpc) is 2.74. The number of hydrogen-bond donors (Lipinski definition) is 0. The molecule has 0 bridgehead atoms. The van der Waals surface area contributed by atoms with Crippen molar-refractivity contribution in [2.45, 2.75) is 6.92 Å². The zero-order chi connectivity index (χ0) is 13.8. The van der Waals surface area contributed by atoms with Gasteiger partial charge in [-0.1, -0.05) is 12.1 Å². The minimum atomic E-state index is -0.0536. The number of aryl methyl sites for hydroxylation is 2. The Bertz CT molecular complexity index is 627. The van der Waals surface area contributed by atoms with Crippen LogP contribution in [0.1, 0.15) is 21.6 Å². The Morgan fingerprint density at radius 2 is 2.21 bits per heavy atom. The summed E-state index contributed by atoms with van der Waals surface area (Å²) in [6.07, 6.45) is 5.22. The van der Waals surface area contributed by atoms with Crippen molar-refractivity contribution in [3.05, 3.63) is 53.4 Å². The number of ether oxygens (including phenoxy) is 1. The van der Waals surface area contributed by atoms with Crippen molar-refractivity contribution < 1.29 is 9.53 Å². The number of benzene rings is 1. The van der Waals surface area contributed by atoms with Crippen molar-refractivity contribution in [2.75, 3.05) is 7.11 Å². The van der Waals surface area contributed by atoms with Gasteiger partial charge in [-0.25, -0.2) is 0 Å². The predicted molar refractivity (Wildman–Crippen MR) is 74.3 cm³/mol. The van der Waals surface area contributed by atoms with Crippen molar-refractivity contribution in [1.82, 2.24) is 9.78 Å². The van der Waals surface area contributed by atoms with E-state index < -0.39 is 0 Å². The zero-order valence-corrected chi connectivity index (χ0v) is 11.3. The lowest BCUT2D eigenvalue weighted by Gasteiger charge is -2.00. The highest BCUT2D eigenvalue weighted by molar-refractivity contribution is 6.07. The van der Waals surface area contributed by atoms with Gasteiger partial charge in [-0.05, 0) is 31.2 Å². The number of aromatic nitrogens is 2. The fourth-order valence-electron chi connectivity index (χ4n) is 1.82. The second-order valence-electron chi connectivity index (χ2n) is 4.27. The molecule has 0 atom stereocenters. The molecule has 1 heterocycles. The Balaban J connectivity index is 2.18. The maximum Gasteiger partial charge on any atom is 0.185 e. The van der Waals surface area contributed by atoms with Gasteiger partial charge < -0.3 is 4.74 Å². The van der Waals surface area contributed by atoms with Crippen LogP contribution >= 0.6 is 0 Å². The summed E-state index contributed by atoms with van der Waals surface area (Å²) in [5.41, 5.74) is 2.45. The lowest BCUT2D eigenvalue weighted by Crippen LogP contribution is -1.94. The number of ketones is 1. The summed E-state index contributed by atoms with van der Waals surface area (Å²) in [6, 6.07) is 7.11. The molecule has 0 amide bonds. The molecule has 19 heavy (non-hydrogen) atoms. The first-order valence-electron chi connectivity index (χ1n) is 5.97. The van der Waals surface area contributed by atoms with Gasteiger partial charge in [0, 0.05) is 24.4 Å². The van der Waals surface area contributed by atoms with Gasteiger partial charge >= 0.3 is 0 Å². The van der Waals surface area contributed by atoms with Gasteiger partial charge in [0.1, 0.15) is 5.75 Å². The standard InChI is InChI=1S/C15H16N2O2/c1-11-13(10-17(2)16-11)7-8-15(18)12-5-4-6-14(9-12)19-3/h4-10H,1-3H3. The predicted octanol–water partition coefficient (Wildman–Crippen LogP) is 2.63. The maximum atomic E-state index is 12.0. The highest BCUT2D eigenvalue weighted by Gasteiger charge is 2.04. The molecular weight excluding hydrogens is 240 g/mol. The Kier molecular flexibility index (Phi) is 3.80. The Morgan fingerprint density at radius 1 is 1.42 bits per heavy atom. The molecule has 0 aliphatic heterocycles. The molecule has 0 radical (unpaired) electrons. The Morgan fingerprint density at radius 3 is 2.84 bits per heavy atom. The van der Waals surface area contributed by atoms with E-state index >= 15 is 0 Å². The van der Waals surface area contributed by atoms with Crippen LogP contribution in [0.15, 0.2) is 36.5 Å². The Hall–Kier alpha value is -2.36. The summed E-state index contributed by atoms with van der Waals surface area (Å²) in [6.45, 7) is 1.91. The first-order chi connectivity index (χ1) is 9.10. The molecule has 0 saturated heterocycles. The van der Waals surface area contributed by atoms with Crippen LogP contribution in [0.5, 0.6) is 5.75 Å². The smallest absolute Gasteiger partial charge is 0.185 e. The highest BCUT2D eigenvalue weighted by atomic mass is 16.5. The van der Waals surface area contributed by atoms with Gasteiger partial charge in [0.05, 0.1) is 12.8 Å². The van der Waals surface area contributed by atoms with E-state index in [9.17, 15) is 4.79 Å². The van der Waals surface area contributed by atoms with E-state index in [0.29, 0.717) is 11.3 Å². The van der Waals surface area contributed by atoms with Crippen LogP contribution in [0.4, 0.5) is 0 Å². The summed E-state index contributed by atoms with van der Waals surface area (Å²) < 4.78 is 6.83. The van der Waals surface area contributed by atoms with Gasteiger partial charge in [-0.3, -0.25) is 9.48 Å². The number of rotatable bonds is 4. The summed E-state index contributed by atoms with van der Waals surface area (Å²) in [5.74, 6) is 0.624. The van der Waals surface area contributed by atoms with Gasteiger partial charge in [0.15, 0.2) is 5.78 Å². The van der Waals surface area contributed by atoms with Crippen LogP contribution in [-0.4, -0.2) is 22.7 Å². The summed E-state index contributed by atoms with van der Waals surface area (Å²) in [4.78, 5) is 12.0. The van der Waals surface area contributed by atoms with E-state index in [-0.39, 0.29) is 5.78 Å². The largest absolute Gasteiger partial charge is 0.497 e. The molecule has 0 aliphatic carbocycles. The molecule has 4 nitrogen and oxygen atoms in total. The van der Waals surface area contributed by atoms with Crippen molar-refractivity contribution in [2.24, 2.45) is 7.05 Å². The third-order valence-electron chi connectivity index (χ3n) is 2.82. The molecule has 2 rings (SSSR count). The molecule has 2 aromatic rings. The van der Waals surface area contributed by atoms with E-state index in [1.165, 1.54) is 0 Å². The number of carbonyl (C=O) groups is 1. The molecule has 0 N–H and O–H groups in total. The van der Waals surface area contributed by atoms with Crippen molar-refractivity contribution in [3.8, 4) is 5.75 Å². The number of nitrogens with zero attached hydrogens (tertiary/aromatic N) is 2. The zero-order valence-electron chi connectivity index (χ0n) is 11.3. The molecule has 1 aromatic carbocycles. The maximum absolute atomic E-state index is 12.0. The fraction of sp³-hybridized carbons (Fsp3) is 0.200. The van der Waals surface area contributed by atoms with Gasteiger partial charge in [0.2, 0.25) is 0 Å². The molecule has 0 fully saturated rings. The molecule has 0 saturated carbocycles. The molecule has 4 heteroatoms. The second-order valence-corrected chi connectivity index (χ2v) is 4.27. The van der Waals surface area contributed by atoms with E-state index in [1.807, 2.05) is 26.2 Å². The van der Waals surface area contributed by atoms with Gasteiger partial charge in [-0.2, -0.15) is 5.10 Å². The normalized spacial score (nSPS) is 10.9. The third-order valence-corrected chi connectivity index (χ3v) is 2.82. The topological polar surface area (TPSA) is 44.1 Å². The molecule has 0 unspecified atom stereocenters. The van der Waals surface area contributed by atoms with Crippen molar-refractivity contribution in [3.63, 3.8) is 0 Å². The van der Waals surface area contributed by atoms with Crippen LogP contribution in [0.25, 0.3) is 6.08 Å². The Labute approximate surface area is 112 Å². The van der Waals surface area contributed by atoms with E-state index in [0.717, 1.165) is 11.3 Å². The minimum Gasteiger partial charge on any atom is -0.497 e. The molecule has 0 aliphatic rings. The van der Waals surface area contributed by atoms with Gasteiger partial charge in [0.25, 0.3) is 0 Å². The van der Waals surface area contributed by atoms with Gasteiger partial charge in [-0.15, -0.1) is 0 Å². The summed E-state index contributed by atoms with van der Waals surface area (Å²) in [5, 5.41) is 4.22. The van der Waals surface area contributed by atoms with Crippen molar-refractivity contribution >= 4 is 11.9 Å². The number of carbonyl (C=O) groups excluding carboxylic acids is 1. The van der Waals surface area contributed by atoms with Crippen LogP contribution < -0.4 is 4.74 Å². The van der Waals surface area contributed by atoms with Crippen LogP contribution in [0.2, 0.25) is 0 Å². The third kappa shape index (κ3) is 3.10. The first kappa shape index (κ1) is 13.1.